The van der Waals surface area contributed by atoms with E-state index >= 15 is 0 Å². The van der Waals surface area contributed by atoms with E-state index in [4.69, 9.17) is 10.7 Å². The first kappa shape index (κ1) is 19.7. The van der Waals surface area contributed by atoms with Gasteiger partial charge in [0, 0.05) is 29.0 Å². The van der Waals surface area contributed by atoms with Gasteiger partial charge in [0.15, 0.2) is 5.13 Å². The molecule has 4 N–H and O–H groups in total. The molecular formula is C23H19N7OS. The van der Waals surface area contributed by atoms with Crippen LogP contribution in [0.1, 0.15) is 16.1 Å². The Bertz CT molecular complexity index is 1420. The van der Waals surface area contributed by atoms with Crippen molar-refractivity contribution in [2.75, 3.05) is 16.4 Å². The Hall–Kier alpha value is -4.24. The molecule has 0 aliphatic rings. The lowest BCUT2D eigenvalue weighted by molar-refractivity contribution is 0.102. The molecule has 1 amide bonds. The summed E-state index contributed by atoms with van der Waals surface area (Å²) in [5.74, 6) is 0.0239. The smallest absolute Gasteiger partial charge is 0.255 e. The van der Waals surface area contributed by atoms with E-state index in [1.54, 1.807) is 30.5 Å². The monoisotopic (exact) mass is 441 g/mol. The SMILES string of the molecule is Cc1nc2ccccn2c1-c1csc(Nc2ccc(C(=O)Nc3cccnc3N)cc2)n1. The van der Waals surface area contributed by atoms with Crippen LogP contribution in [0.25, 0.3) is 17.0 Å². The van der Waals surface area contributed by atoms with Crippen LogP contribution in [-0.2, 0) is 0 Å². The summed E-state index contributed by atoms with van der Waals surface area (Å²) in [5.41, 5.74) is 11.3. The molecular weight excluding hydrogens is 422 g/mol. The van der Waals surface area contributed by atoms with Crippen molar-refractivity contribution in [2.24, 2.45) is 0 Å². The Kier molecular flexibility index (Phi) is 5.00. The molecule has 4 heterocycles. The predicted octanol–water partition coefficient (Wildman–Crippen LogP) is 4.74. The number of aromatic nitrogens is 4. The maximum absolute atomic E-state index is 12.5. The van der Waals surface area contributed by atoms with Crippen molar-refractivity contribution < 1.29 is 4.79 Å². The highest BCUT2D eigenvalue weighted by molar-refractivity contribution is 7.14. The average molecular weight is 442 g/mol. The molecule has 0 saturated heterocycles. The van der Waals surface area contributed by atoms with Crippen molar-refractivity contribution in [3.05, 3.63) is 83.6 Å². The molecule has 9 heteroatoms. The molecule has 0 spiro atoms. The number of benzene rings is 1. The van der Waals surface area contributed by atoms with Gasteiger partial charge in [-0.3, -0.25) is 9.20 Å². The number of hydrogen-bond acceptors (Lipinski definition) is 7. The lowest BCUT2D eigenvalue weighted by Crippen LogP contribution is -2.13. The summed E-state index contributed by atoms with van der Waals surface area (Å²) in [5, 5.41) is 8.82. The third-order valence-corrected chi connectivity index (χ3v) is 5.69. The molecule has 158 valence electrons. The Morgan fingerprint density at radius 3 is 2.72 bits per heavy atom. The molecule has 0 aliphatic carbocycles. The fourth-order valence-corrected chi connectivity index (χ4v) is 4.12. The fraction of sp³-hybridized carbons (Fsp3) is 0.0435. The van der Waals surface area contributed by atoms with Crippen LogP contribution in [0.5, 0.6) is 0 Å². The molecule has 0 saturated carbocycles. The number of anilines is 4. The molecule has 32 heavy (non-hydrogen) atoms. The van der Waals surface area contributed by atoms with Crippen LogP contribution in [0, 0.1) is 6.92 Å². The Balaban J connectivity index is 1.31. The van der Waals surface area contributed by atoms with Crippen molar-refractivity contribution in [1.29, 1.82) is 0 Å². The van der Waals surface area contributed by atoms with Crippen molar-refractivity contribution in [1.82, 2.24) is 19.4 Å². The Morgan fingerprint density at radius 2 is 1.91 bits per heavy atom. The predicted molar refractivity (Wildman–Crippen MR) is 127 cm³/mol. The van der Waals surface area contributed by atoms with E-state index < -0.39 is 0 Å². The van der Waals surface area contributed by atoms with Gasteiger partial charge in [0.05, 0.1) is 17.1 Å². The summed E-state index contributed by atoms with van der Waals surface area (Å²) in [6.07, 6.45) is 3.56. The first-order valence-corrected chi connectivity index (χ1v) is 10.7. The van der Waals surface area contributed by atoms with Crippen LogP contribution >= 0.6 is 11.3 Å². The van der Waals surface area contributed by atoms with E-state index in [9.17, 15) is 4.79 Å². The number of aryl methyl sites for hydroxylation is 1. The number of nitrogens with one attached hydrogen (secondary N) is 2. The lowest BCUT2D eigenvalue weighted by atomic mass is 10.2. The van der Waals surface area contributed by atoms with Gasteiger partial charge in [0.1, 0.15) is 17.2 Å². The van der Waals surface area contributed by atoms with Gasteiger partial charge < -0.3 is 16.4 Å². The highest BCUT2D eigenvalue weighted by Crippen LogP contribution is 2.30. The topological polar surface area (TPSA) is 110 Å². The minimum absolute atomic E-state index is 0.254. The number of hydrogen-bond donors (Lipinski definition) is 3. The molecule has 0 fully saturated rings. The molecule has 5 aromatic rings. The number of nitrogens with two attached hydrogens (primary N) is 1. The molecule has 0 atom stereocenters. The van der Waals surface area contributed by atoms with Gasteiger partial charge in [-0.1, -0.05) is 6.07 Å². The van der Waals surface area contributed by atoms with Gasteiger partial charge >= 0.3 is 0 Å². The number of carbonyl (C=O) groups is 1. The van der Waals surface area contributed by atoms with E-state index in [1.807, 2.05) is 53.2 Å². The first-order valence-electron chi connectivity index (χ1n) is 9.87. The van der Waals surface area contributed by atoms with Crippen molar-refractivity contribution in [3.63, 3.8) is 0 Å². The summed E-state index contributed by atoms with van der Waals surface area (Å²) < 4.78 is 2.04. The number of amides is 1. The minimum atomic E-state index is -0.254. The zero-order valence-corrected chi connectivity index (χ0v) is 17.9. The zero-order valence-electron chi connectivity index (χ0n) is 17.1. The highest BCUT2D eigenvalue weighted by atomic mass is 32.1. The third-order valence-electron chi connectivity index (χ3n) is 4.94. The van der Waals surface area contributed by atoms with E-state index in [0.717, 1.165) is 33.5 Å². The number of nitrogens with zero attached hydrogens (tertiary/aromatic N) is 4. The molecule has 0 bridgehead atoms. The molecule has 8 nitrogen and oxygen atoms in total. The van der Waals surface area contributed by atoms with Crippen molar-refractivity contribution in [2.45, 2.75) is 6.92 Å². The minimum Gasteiger partial charge on any atom is -0.382 e. The maximum Gasteiger partial charge on any atom is 0.255 e. The summed E-state index contributed by atoms with van der Waals surface area (Å²) in [7, 11) is 0. The standard InChI is InChI=1S/C23H19N7OS/c1-14-20(30-12-3-2-6-19(30)26-14)18-13-32-23(29-18)27-16-9-7-15(8-10-16)22(31)28-17-5-4-11-25-21(17)24/h2-13H,1H3,(H2,24,25)(H,27,29)(H,28,31). The Labute approximate surface area is 187 Å². The van der Waals surface area contributed by atoms with Gasteiger partial charge in [0.25, 0.3) is 5.91 Å². The second-order valence-electron chi connectivity index (χ2n) is 7.11. The number of carbonyl (C=O) groups excluding carboxylic acids is 1. The van der Waals surface area contributed by atoms with Crippen molar-refractivity contribution >= 4 is 45.2 Å². The van der Waals surface area contributed by atoms with Crippen LogP contribution in [-0.4, -0.2) is 25.3 Å². The van der Waals surface area contributed by atoms with Gasteiger partial charge in [-0.25, -0.2) is 15.0 Å². The molecule has 0 radical (unpaired) electrons. The van der Waals surface area contributed by atoms with E-state index in [1.165, 1.54) is 11.3 Å². The number of rotatable bonds is 5. The van der Waals surface area contributed by atoms with Crippen LogP contribution in [0.3, 0.4) is 0 Å². The Morgan fingerprint density at radius 1 is 1.06 bits per heavy atom. The number of thiazole rings is 1. The van der Waals surface area contributed by atoms with Crippen LogP contribution in [0.15, 0.2) is 72.4 Å². The van der Waals surface area contributed by atoms with Gasteiger partial charge in [-0.05, 0) is 55.5 Å². The van der Waals surface area contributed by atoms with Crippen molar-refractivity contribution in [3.8, 4) is 11.4 Å². The average Bonchev–Trinajstić information content (AvgIpc) is 3.38. The maximum atomic E-state index is 12.5. The van der Waals surface area contributed by atoms with Crippen LogP contribution < -0.4 is 16.4 Å². The number of imidazole rings is 1. The molecule has 5 rings (SSSR count). The summed E-state index contributed by atoms with van der Waals surface area (Å²) in [6.45, 7) is 1.98. The van der Waals surface area contributed by atoms with Gasteiger partial charge in [-0.15, -0.1) is 11.3 Å². The normalized spacial score (nSPS) is 10.9. The summed E-state index contributed by atoms with van der Waals surface area (Å²) in [4.78, 5) is 25.8. The van der Waals surface area contributed by atoms with Crippen LogP contribution in [0.2, 0.25) is 0 Å². The quantitative estimate of drug-likeness (QED) is 0.363. The molecule has 1 aromatic carbocycles. The zero-order chi connectivity index (χ0) is 22.1. The van der Waals surface area contributed by atoms with Gasteiger partial charge in [0.2, 0.25) is 0 Å². The largest absolute Gasteiger partial charge is 0.382 e. The highest BCUT2D eigenvalue weighted by Gasteiger charge is 2.14. The second kappa shape index (κ2) is 8.12. The lowest BCUT2D eigenvalue weighted by Gasteiger charge is -2.08. The first-order chi connectivity index (χ1) is 15.6. The summed E-state index contributed by atoms with van der Waals surface area (Å²) >= 11 is 1.51. The molecule has 0 unspecified atom stereocenters. The summed E-state index contributed by atoms with van der Waals surface area (Å²) in [6, 6.07) is 16.5. The number of pyridine rings is 2. The van der Waals surface area contributed by atoms with E-state index in [0.29, 0.717) is 11.3 Å². The molecule has 0 aliphatic heterocycles. The fourth-order valence-electron chi connectivity index (χ4n) is 3.41. The van der Waals surface area contributed by atoms with Crippen LogP contribution in [0.4, 0.5) is 22.3 Å². The van der Waals surface area contributed by atoms with E-state index in [2.05, 4.69) is 20.6 Å². The van der Waals surface area contributed by atoms with E-state index in [-0.39, 0.29) is 11.7 Å². The van der Waals surface area contributed by atoms with Gasteiger partial charge in [-0.2, -0.15) is 0 Å². The number of nitrogen functional groups attached to an aromatic ring is 1. The molecule has 4 aromatic heterocycles. The third kappa shape index (κ3) is 3.77. The number of fused-ring (bicyclic) bond motifs is 1. The second-order valence-corrected chi connectivity index (χ2v) is 7.96.